The number of azo groups is 1. The number of rotatable bonds is 5. The van der Waals surface area contributed by atoms with E-state index < -0.39 is 16.3 Å². The summed E-state index contributed by atoms with van der Waals surface area (Å²) in [5.74, 6) is 0. The molecule has 1 aliphatic heterocycles. The average Bonchev–Trinajstić information content (AvgIpc) is 3.38. The van der Waals surface area contributed by atoms with E-state index in [0.29, 0.717) is 10.6 Å². The predicted molar refractivity (Wildman–Crippen MR) is 136 cm³/mol. The van der Waals surface area contributed by atoms with Crippen molar-refractivity contribution < 1.29 is 13.0 Å². The number of nitrogens with one attached hydrogen (secondary N) is 1. The van der Waals surface area contributed by atoms with Gasteiger partial charge in [0.15, 0.2) is 16.3 Å². The molecule has 0 radical (unpaired) electrons. The first-order chi connectivity index (χ1) is 16.6. The highest BCUT2D eigenvalue weighted by atomic mass is 32.2. The number of nitriles is 1. The molecule has 0 saturated carbocycles. The van der Waals surface area contributed by atoms with Gasteiger partial charge in [0.2, 0.25) is 0 Å². The van der Waals surface area contributed by atoms with Crippen molar-refractivity contribution in [2.75, 3.05) is 26.5 Å². The second-order valence-electron chi connectivity index (χ2n) is 7.51. The van der Waals surface area contributed by atoms with Crippen LogP contribution in [0, 0.1) is 18.3 Å². The number of hydrogen-bond acceptors (Lipinski definition) is 10. The highest BCUT2D eigenvalue weighted by Gasteiger charge is 2.28. The van der Waals surface area contributed by atoms with Crippen molar-refractivity contribution in [3.63, 3.8) is 0 Å². The van der Waals surface area contributed by atoms with E-state index >= 15 is 0 Å². The van der Waals surface area contributed by atoms with Crippen LogP contribution in [0.25, 0.3) is 11.3 Å². The van der Waals surface area contributed by atoms with Gasteiger partial charge in [0.1, 0.15) is 11.8 Å². The summed E-state index contributed by atoms with van der Waals surface area (Å²) in [6.07, 6.45) is 1.34. The van der Waals surface area contributed by atoms with Gasteiger partial charge in [-0.3, -0.25) is 4.55 Å². The van der Waals surface area contributed by atoms with Gasteiger partial charge in [-0.25, -0.2) is 4.98 Å². The Labute approximate surface area is 208 Å². The molecule has 0 aliphatic carbocycles. The Morgan fingerprint density at radius 1 is 1.14 bits per heavy atom. The fourth-order valence-electron chi connectivity index (χ4n) is 3.04. The summed E-state index contributed by atoms with van der Waals surface area (Å²) in [7, 11) is 1.54. The van der Waals surface area contributed by atoms with E-state index in [1.54, 1.807) is 18.3 Å². The molecule has 0 saturated heterocycles. The minimum atomic E-state index is -4.02. The quantitative estimate of drug-likeness (QED) is 0.372. The first-order valence-electron chi connectivity index (χ1n) is 10.4. The minimum absolute atomic E-state index is 0.0666. The summed E-state index contributed by atoms with van der Waals surface area (Å²) >= 11 is 1.43. The molecule has 2 N–H and O–H groups in total. The summed E-state index contributed by atoms with van der Waals surface area (Å²) in [5.41, 5.74) is 3.28. The van der Waals surface area contributed by atoms with Crippen molar-refractivity contribution in [1.82, 2.24) is 15.0 Å². The molecular formula is C23H25N7O3S2. The van der Waals surface area contributed by atoms with E-state index in [1.165, 1.54) is 23.5 Å². The lowest BCUT2D eigenvalue weighted by atomic mass is 10.2. The van der Waals surface area contributed by atoms with Gasteiger partial charge in [0, 0.05) is 32.9 Å². The first-order valence-corrected chi connectivity index (χ1v) is 12.7. The zero-order chi connectivity index (χ0) is 25.6. The van der Waals surface area contributed by atoms with Gasteiger partial charge in [-0.15, -0.1) is 5.11 Å². The van der Waals surface area contributed by atoms with E-state index in [0.717, 1.165) is 22.0 Å². The standard InChI is InChI=1S/C16H17N7S.C7H8O3S/c1-18-16-19-13(11-7-5-4-6-8-11)15(24-16)21-20-14-12(9-17)10-22(2)23(14)3;1-6-2-4-7(5-3-6)11(8,9)10/h4-8,10,14H,1-3H3,(H,18,19);2-5H,1H3,(H,8,9,10). The number of aryl methyl sites for hydroxylation is 1. The van der Waals surface area contributed by atoms with Crippen LogP contribution in [0.1, 0.15) is 5.56 Å². The minimum Gasteiger partial charge on any atom is -0.365 e. The average molecular weight is 512 g/mol. The monoisotopic (exact) mass is 511 g/mol. The van der Waals surface area contributed by atoms with Gasteiger partial charge in [-0.05, 0) is 19.1 Å². The van der Waals surface area contributed by atoms with Gasteiger partial charge in [0.25, 0.3) is 10.1 Å². The highest BCUT2D eigenvalue weighted by molar-refractivity contribution is 7.85. The Morgan fingerprint density at radius 3 is 2.37 bits per heavy atom. The number of hydrazine groups is 1. The van der Waals surface area contributed by atoms with Gasteiger partial charge in [0.05, 0.1) is 10.5 Å². The molecule has 12 heteroatoms. The Morgan fingerprint density at radius 2 is 1.80 bits per heavy atom. The van der Waals surface area contributed by atoms with Crippen LogP contribution in [0.3, 0.4) is 0 Å². The molecule has 0 spiro atoms. The largest absolute Gasteiger partial charge is 0.365 e. The van der Waals surface area contributed by atoms with Crippen molar-refractivity contribution >= 4 is 31.6 Å². The van der Waals surface area contributed by atoms with E-state index in [2.05, 4.69) is 26.6 Å². The Bertz CT molecular complexity index is 1360. The van der Waals surface area contributed by atoms with Gasteiger partial charge in [-0.1, -0.05) is 59.4 Å². The number of thiazole rings is 1. The molecule has 0 amide bonds. The molecule has 1 unspecified atom stereocenters. The smallest absolute Gasteiger partial charge is 0.294 e. The molecule has 0 bridgehead atoms. The van der Waals surface area contributed by atoms with Gasteiger partial charge < -0.3 is 10.3 Å². The zero-order valence-corrected chi connectivity index (χ0v) is 21.2. The number of aromatic nitrogens is 1. The third-order valence-electron chi connectivity index (χ3n) is 5.03. The number of likely N-dealkylation sites (N-methyl/N-ethyl adjacent to an activating group) is 1. The van der Waals surface area contributed by atoms with Crippen molar-refractivity contribution in [2.24, 2.45) is 10.2 Å². The maximum absolute atomic E-state index is 10.5. The second kappa shape index (κ2) is 11.2. The Kier molecular flexibility index (Phi) is 8.31. The number of nitrogens with zero attached hydrogens (tertiary/aromatic N) is 6. The van der Waals surface area contributed by atoms with Crippen molar-refractivity contribution in [3.8, 4) is 17.3 Å². The lowest BCUT2D eigenvalue weighted by Gasteiger charge is -2.22. The van der Waals surface area contributed by atoms with Crippen LogP contribution in [0.2, 0.25) is 0 Å². The summed E-state index contributed by atoms with van der Waals surface area (Å²) in [6.45, 7) is 1.84. The molecule has 2 aromatic carbocycles. The molecule has 4 rings (SSSR count). The number of benzene rings is 2. The molecule has 10 nitrogen and oxygen atoms in total. The third-order valence-corrected chi connectivity index (χ3v) is 6.86. The van der Waals surface area contributed by atoms with Crippen LogP contribution in [0.4, 0.5) is 10.1 Å². The molecule has 1 aromatic heterocycles. The molecule has 2 heterocycles. The Hall–Kier alpha value is -3.63. The molecule has 0 fully saturated rings. The number of anilines is 1. The van der Waals surface area contributed by atoms with Crippen LogP contribution in [-0.4, -0.2) is 55.3 Å². The highest BCUT2D eigenvalue weighted by Crippen LogP contribution is 2.38. The van der Waals surface area contributed by atoms with Crippen LogP contribution in [0.5, 0.6) is 0 Å². The summed E-state index contributed by atoms with van der Waals surface area (Å²) < 4.78 is 29.6. The van der Waals surface area contributed by atoms with Crippen molar-refractivity contribution in [1.29, 1.82) is 5.26 Å². The van der Waals surface area contributed by atoms with Gasteiger partial charge in [-0.2, -0.15) is 23.8 Å². The predicted octanol–water partition coefficient (Wildman–Crippen LogP) is 4.70. The maximum Gasteiger partial charge on any atom is 0.294 e. The summed E-state index contributed by atoms with van der Waals surface area (Å²) in [5, 5.41) is 26.2. The molecule has 182 valence electrons. The van der Waals surface area contributed by atoms with Gasteiger partial charge >= 0.3 is 0 Å². The third kappa shape index (κ3) is 6.49. The summed E-state index contributed by atoms with van der Waals surface area (Å²) in [4.78, 5) is 4.50. The Balaban J connectivity index is 0.000000261. The van der Waals surface area contributed by atoms with Crippen molar-refractivity contribution in [3.05, 3.63) is 71.9 Å². The van der Waals surface area contributed by atoms with Crippen LogP contribution in [0.15, 0.2) is 81.5 Å². The van der Waals surface area contributed by atoms with E-state index in [-0.39, 0.29) is 4.90 Å². The van der Waals surface area contributed by atoms with Crippen molar-refractivity contribution in [2.45, 2.75) is 18.0 Å². The lowest BCUT2D eigenvalue weighted by molar-refractivity contribution is 0.0735. The summed E-state index contributed by atoms with van der Waals surface area (Å²) in [6, 6.07) is 18.0. The van der Waals surface area contributed by atoms with Crippen LogP contribution < -0.4 is 5.32 Å². The van der Waals surface area contributed by atoms with E-state index in [9.17, 15) is 13.7 Å². The molecule has 1 atom stereocenters. The zero-order valence-electron chi connectivity index (χ0n) is 19.6. The topological polar surface area (TPSA) is 134 Å². The molecule has 3 aromatic rings. The fraction of sp³-hybridized carbons (Fsp3) is 0.217. The normalized spacial score (nSPS) is 15.9. The fourth-order valence-corrected chi connectivity index (χ4v) is 4.29. The van der Waals surface area contributed by atoms with Crippen LogP contribution in [-0.2, 0) is 10.1 Å². The molecule has 35 heavy (non-hydrogen) atoms. The SMILES string of the molecule is CNc1nc(-c2ccccc2)c(N=NC2C(C#N)=CN(C)N2C)s1.Cc1ccc(S(=O)(=O)O)cc1. The molecule has 1 aliphatic rings. The first kappa shape index (κ1) is 26.0. The molecular weight excluding hydrogens is 486 g/mol. The van der Waals surface area contributed by atoms with E-state index in [1.807, 2.05) is 68.4 Å². The second-order valence-corrected chi connectivity index (χ2v) is 9.91. The lowest BCUT2D eigenvalue weighted by Crippen LogP contribution is -2.34. The number of hydrogen-bond donors (Lipinski definition) is 2. The maximum atomic E-state index is 10.5. The van der Waals surface area contributed by atoms with Crippen LogP contribution >= 0.6 is 11.3 Å². The van der Waals surface area contributed by atoms with E-state index in [4.69, 9.17) is 4.55 Å².